The molecule has 0 atom stereocenters. The number of hydrogen-bond acceptors (Lipinski definition) is 2. The molecule has 2 rings (SSSR count). The lowest BCUT2D eigenvalue weighted by atomic mass is 10.3. The molecule has 0 unspecified atom stereocenters. The zero-order valence-corrected chi connectivity index (χ0v) is 13.9. The van der Waals surface area contributed by atoms with Crippen LogP contribution in [0.25, 0.3) is 11.0 Å². The van der Waals surface area contributed by atoms with Gasteiger partial charge in [0.15, 0.2) is 0 Å². The maximum absolute atomic E-state index is 6.13. The van der Waals surface area contributed by atoms with Crippen molar-refractivity contribution < 1.29 is 4.74 Å². The third-order valence-corrected chi connectivity index (χ3v) is 5.11. The summed E-state index contributed by atoms with van der Waals surface area (Å²) >= 11 is 12.1. The number of nitrogens with zero attached hydrogens (tertiary/aromatic N) is 2. The van der Waals surface area contributed by atoms with Gasteiger partial charge >= 0.3 is 0 Å². The minimum atomic E-state index is -1.05. The molecule has 0 bridgehead atoms. The summed E-state index contributed by atoms with van der Waals surface area (Å²) in [5.41, 5.74) is 1.74. The molecule has 6 heteroatoms. The van der Waals surface area contributed by atoms with Crippen molar-refractivity contribution in [3.63, 3.8) is 0 Å². The second-order valence-corrected chi connectivity index (χ2v) is 12.2. The van der Waals surface area contributed by atoms with E-state index in [2.05, 4.69) is 24.6 Å². The minimum Gasteiger partial charge on any atom is -0.361 e. The van der Waals surface area contributed by atoms with Gasteiger partial charge < -0.3 is 4.74 Å². The van der Waals surface area contributed by atoms with Crippen LogP contribution in [-0.2, 0) is 11.5 Å². The van der Waals surface area contributed by atoms with E-state index in [4.69, 9.17) is 27.9 Å². The average Bonchev–Trinajstić information content (AvgIpc) is 2.58. The van der Waals surface area contributed by atoms with Gasteiger partial charge in [-0.15, -0.1) is 0 Å². The van der Waals surface area contributed by atoms with Crippen molar-refractivity contribution in [3.05, 3.63) is 28.5 Å². The van der Waals surface area contributed by atoms with Gasteiger partial charge in [-0.2, -0.15) is 0 Å². The van der Waals surface area contributed by atoms with E-state index in [9.17, 15) is 0 Å². The summed E-state index contributed by atoms with van der Waals surface area (Å²) < 4.78 is 7.57. The van der Waals surface area contributed by atoms with Crippen LogP contribution in [0.4, 0.5) is 0 Å². The Bertz CT molecular complexity index is 578. The van der Waals surface area contributed by atoms with Crippen LogP contribution >= 0.6 is 23.2 Å². The predicted octanol–water partition coefficient (Wildman–Crippen LogP) is 4.66. The number of ether oxygens (including phenoxy) is 1. The average molecular weight is 317 g/mol. The highest BCUT2D eigenvalue weighted by Crippen LogP contribution is 2.23. The first-order valence-corrected chi connectivity index (χ1v) is 10.7. The molecular weight excluding hydrogens is 299 g/mol. The van der Waals surface area contributed by atoms with Gasteiger partial charge in [-0.05, 0) is 35.8 Å². The number of aromatic nitrogens is 2. The molecule has 0 aliphatic heterocycles. The van der Waals surface area contributed by atoms with Crippen LogP contribution in [-0.4, -0.2) is 24.2 Å². The van der Waals surface area contributed by atoms with Crippen LogP contribution < -0.4 is 0 Å². The zero-order chi connectivity index (χ0) is 14.0. The molecule has 2 aromatic rings. The van der Waals surface area contributed by atoms with Crippen molar-refractivity contribution in [1.29, 1.82) is 0 Å². The van der Waals surface area contributed by atoms with E-state index in [0.29, 0.717) is 17.0 Å². The smallest absolute Gasteiger partial charge is 0.205 e. The quantitative estimate of drug-likeness (QED) is 0.592. The van der Waals surface area contributed by atoms with Crippen molar-refractivity contribution in [2.24, 2.45) is 0 Å². The number of halogens is 2. The van der Waals surface area contributed by atoms with Gasteiger partial charge in [-0.1, -0.05) is 31.2 Å². The lowest BCUT2D eigenvalue weighted by Gasteiger charge is -2.15. The molecule has 19 heavy (non-hydrogen) atoms. The van der Waals surface area contributed by atoms with Gasteiger partial charge in [0, 0.05) is 19.7 Å². The molecule has 0 aliphatic carbocycles. The van der Waals surface area contributed by atoms with Crippen molar-refractivity contribution in [3.8, 4) is 0 Å². The molecule has 0 aliphatic rings. The Kier molecular flexibility index (Phi) is 4.56. The van der Waals surface area contributed by atoms with Crippen molar-refractivity contribution in [2.45, 2.75) is 32.4 Å². The predicted molar refractivity (Wildman–Crippen MR) is 83.9 cm³/mol. The van der Waals surface area contributed by atoms with Crippen molar-refractivity contribution in [1.82, 2.24) is 9.55 Å². The topological polar surface area (TPSA) is 27.1 Å². The monoisotopic (exact) mass is 316 g/mol. The van der Waals surface area contributed by atoms with Crippen molar-refractivity contribution >= 4 is 42.3 Å². The molecule has 0 saturated carbocycles. The Morgan fingerprint density at radius 1 is 1.26 bits per heavy atom. The van der Waals surface area contributed by atoms with Crippen LogP contribution in [0.3, 0.4) is 0 Å². The number of benzene rings is 1. The summed E-state index contributed by atoms with van der Waals surface area (Å²) in [4.78, 5) is 4.27. The third-order valence-electron chi connectivity index (χ3n) is 2.88. The minimum absolute atomic E-state index is 0.432. The van der Waals surface area contributed by atoms with Crippen molar-refractivity contribution in [2.75, 3.05) is 6.61 Å². The Balaban J connectivity index is 2.06. The molecule has 0 fully saturated rings. The van der Waals surface area contributed by atoms with E-state index in [1.165, 1.54) is 0 Å². The lowest BCUT2D eigenvalue weighted by molar-refractivity contribution is 0.0900. The molecular formula is C13H18Cl2N2OSi. The number of hydrogen-bond donors (Lipinski definition) is 0. The standard InChI is InChI=1S/C13H18Cl2N2OSi/c1-19(2,3)7-6-18-9-17-12-5-4-10(14)8-11(12)16-13(17)15/h4-5,8H,6-7,9H2,1-3H3. The third kappa shape index (κ3) is 3.95. The normalized spacial score (nSPS) is 12.3. The van der Waals surface area contributed by atoms with Crippen LogP contribution in [0, 0.1) is 0 Å². The molecule has 1 aromatic carbocycles. The molecule has 0 radical (unpaired) electrons. The maximum Gasteiger partial charge on any atom is 0.205 e. The highest BCUT2D eigenvalue weighted by atomic mass is 35.5. The molecule has 0 amide bonds. The Labute approximate surface area is 124 Å². The molecule has 0 N–H and O–H groups in total. The van der Waals surface area contributed by atoms with Gasteiger partial charge in [0.1, 0.15) is 6.73 Å². The fraction of sp³-hybridized carbons (Fsp3) is 0.462. The van der Waals surface area contributed by atoms with Crippen LogP contribution in [0.15, 0.2) is 18.2 Å². The Hall–Kier alpha value is -0.553. The van der Waals surface area contributed by atoms with Crippen LogP contribution in [0.1, 0.15) is 0 Å². The van der Waals surface area contributed by atoms with Crippen LogP contribution in [0.2, 0.25) is 36.0 Å². The number of imidazole rings is 1. The SMILES string of the molecule is C[Si](C)(C)CCOCn1c(Cl)nc2cc(Cl)ccc21. The van der Waals surface area contributed by atoms with Gasteiger partial charge in [0.05, 0.1) is 11.0 Å². The van der Waals surface area contributed by atoms with Gasteiger partial charge in [0.2, 0.25) is 5.28 Å². The van der Waals surface area contributed by atoms with Gasteiger partial charge in [-0.25, -0.2) is 4.98 Å². The van der Waals surface area contributed by atoms with E-state index < -0.39 is 8.07 Å². The first-order chi connectivity index (χ1) is 8.87. The number of rotatable bonds is 5. The first kappa shape index (κ1) is 14.8. The van der Waals surface area contributed by atoms with E-state index >= 15 is 0 Å². The second kappa shape index (κ2) is 5.83. The summed E-state index contributed by atoms with van der Waals surface area (Å²) in [6.45, 7) is 8.19. The Morgan fingerprint density at radius 2 is 2.00 bits per heavy atom. The highest BCUT2D eigenvalue weighted by Gasteiger charge is 2.13. The van der Waals surface area contributed by atoms with E-state index in [0.717, 1.165) is 23.7 Å². The fourth-order valence-electron chi connectivity index (χ4n) is 1.73. The summed E-state index contributed by atoms with van der Waals surface area (Å²) in [6, 6.07) is 6.70. The fourth-order valence-corrected chi connectivity index (χ4v) is 2.88. The summed E-state index contributed by atoms with van der Waals surface area (Å²) in [6.07, 6.45) is 0. The van der Waals surface area contributed by atoms with E-state index in [1.54, 1.807) is 6.07 Å². The summed E-state index contributed by atoms with van der Waals surface area (Å²) in [5, 5.41) is 1.10. The second-order valence-electron chi connectivity index (χ2n) is 5.79. The Morgan fingerprint density at radius 3 is 2.68 bits per heavy atom. The maximum atomic E-state index is 6.13. The van der Waals surface area contributed by atoms with Crippen LogP contribution in [0.5, 0.6) is 0 Å². The lowest BCUT2D eigenvalue weighted by Crippen LogP contribution is -2.22. The highest BCUT2D eigenvalue weighted by molar-refractivity contribution is 6.76. The van der Waals surface area contributed by atoms with E-state index in [-0.39, 0.29) is 0 Å². The van der Waals surface area contributed by atoms with Gasteiger partial charge in [0.25, 0.3) is 0 Å². The zero-order valence-electron chi connectivity index (χ0n) is 11.4. The first-order valence-electron chi connectivity index (χ1n) is 6.26. The summed E-state index contributed by atoms with van der Waals surface area (Å²) in [5.74, 6) is 0. The molecule has 1 aromatic heterocycles. The largest absolute Gasteiger partial charge is 0.361 e. The molecule has 3 nitrogen and oxygen atoms in total. The van der Waals surface area contributed by atoms with Gasteiger partial charge in [-0.3, -0.25) is 4.57 Å². The molecule has 104 valence electrons. The summed E-state index contributed by atoms with van der Waals surface area (Å²) in [7, 11) is -1.05. The molecule has 1 heterocycles. The molecule has 0 saturated heterocycles. The molecule has 0 spiro atoms. The number of fused-ring (bicyclic) bond motifs is 1. The van der Waals surface area contributed by atoms with E-state index in [1.807, 2.05) is 16.7 Å².